The first-order chi connectivity index (χ1) is 11.6. The molecule has 124 valence electrons. The van der Waals surface area contributed by atoms with Crippen molar-refractivity contribution < 1.29 is 24.2 Å². The van der Waals surface area contributed by atoms with E-state index in [0.717, 1.165) is 6.42 Å². The molecule has 24 heavy (non-hydrogen) atoms. The molecule has 4 fully saturated rings. The Bertz CT molecular complexity index is 715. The van der Waals surface area contributed by atoms with E-state index in [0.29, 0.717) is 5.56 Å². The van der Waals surface area contributed by atoms with Crippen molar-refractivity contribution in [3.05, 3.63) is 35.9 Å². The number of fused-ring (bicyclic) bond motifs is 8. The summed E-state index contributed by atoms with van der Waals surface area (Å²) in [5.41, 5.74) is 0.690. The Morgan fingerprint density at radius 2 is 1.71 bits per heavy atom. The van der Waals surface area contributed by atoms with Crippen LogP contribution in [0.3, 0.4) is 0 Å². The van der Waals surface area contributed by atoms with Crippen LogP contribution < -0.4 is 0 Å². The number of aliphatic carboxylic acids is 1. The molecule has 2 saturated heterocycles. The van der Waals surface area contributed by atoms with Crippen LogP contribution in [0.4, 0.5) is 0 Å². The highest BCUT2D eigenvalue weighted by atomic mass is 16.6. The molecule has 6 heteroatoms. The van der Waals surface area contributed by atoms with Crippen molar-refractivity contribution in [3.8, 4) is 0 Å². The molecular formula is C18H17NO5. The van der Waals surface area contributed by atoms with Crippen LogP contribution in [0.15, 0.2) is 30.3 Å². The van der Waals surface area contributed by atoms with Crippen molar-refractivity contribution in [2.75, 3.05) is 0 Å². The zero-order chi connectivity index (χ0) is 16.6. The number of benzene rings is 1. The molecule has 2 amide bonds. The third-order valence-electron chi connectivity index (χ3n) is 6.17. The van der Waals surface area contributed by atoms with E-state index in [1.165, 1.54) is 4.90 Å². The maximum absolute atomic E-state index is 13.0. The van der Waals surface area contributed by atoms with Crippen molar-refractivity contribution >= 4 is 17.8 Å². The molecule has 7 unspecified atom stereocenters. The highest BCUT2D eigenvalue weighted by Gasteiger charge is 2.74. The minimum atomic E-state index is -1.02. The van der Waals surface area contributed by atoms with Gasteiger partial charge in [-0.25, -0.2) is 0 Å². The molecule has 0 radical (unpaired) electrons. The van der Waals surface area contributed by atoms with E-state index in [1.54, 1.807) is 24.3 Å². The fourth-order valence-electron chi connectivity index (χ4n) is 5.25. The zero-order valence-corrected chi connectivity index (χ0v) is 12.9. The second-order valence-corrected chi connectivity index (χ2v) is 7.25. The van der Waals surface area contributed by atoms with Gasteiger partial charge in [-0.05, 0) is 12.0 Å². The van der Waals surface area contributed by atoms with Crippen molar-refractivity contribution in [1.82, 2.24) is 4.90 Å². The molecule has 7 atom stereocenters. The van der Waals surface area contributed by atoms with Gasteiger partial charge in [0.05, 0.1) is 36.5 Å². The predicted octanol–water partition coefficient (Wildman–Crippen LogP) is 1.22. The van der Waals surface area contributed by atoms with E-state index < -0.39 is 12.0 Å². The van der Waals surface area contributed by atoms with Gasteiger partial charge in [-0.2, -0.15) is 0 Å². The largest absolute Gasteiger partial charge is 0.481 e. The molecule has 2 heterocycles. The Morgan fingerprint density at radius 1 is 1.12 bits per heavy atom. The molecule has 0 aromatic heterocycles. The summed E-state index contributed by atoms with van der Waals surface area (Å²) in [4.78, 5) is 38.6. The topological polar surface area (TPSA) is 87.2 Å². The minimum Gasteiger partial charge on any atom is -0.481 e. The molecule has 2 saturated carbocycles. The smallest absolute Gasteiger partial charge is 0.305 e. The Kier molecular flexibility index (Phi) is 2.75. The molecule has 2 bridgehead atoms. The Labute approximate surface area is 138 Å². The summed E-state index contributed by atoms with van der Waals surface area (Å²) >= 11 is 0. The van der Waals surface area contributed by atoms with Crippen LogP contribution in [-0.4, -0.2) is 40.0 Å². The summed E-state index contributed by atoms with van der Waals surface area (Å²) in [6.07, 6.45) is 0.912. The lowest BCUT2D eigenvalue weighted by atomic mass is 9.81. The summed E-state index contributed by atoms with van der Waals surface area (Å²) in [5, 5.41) is 9.28. The summed E-state index contributed by atoms with van der Waals surface area (Å²) in [5.74, 6) is -1.79. The lowest BCUT2D eigenvalue weighted by molar-refractivity contribution is -0.146. The average molecular weight is 327 g/mol. The second kappa shape index (κ2) is 4.66. The minimum absolute atomic E-state index is 0.132. The molecular weight excluding hydrogens is 310 g/mol. The van der Waals surface area contributed by atoms with Gasteiger partial charge in [0.15, 0.2) is 0 Å². The number of hydrogen-bond acceptors (Lipinski definition) is 4. The first kappa shape index (κ1) is 14.2. The number of rotatable bonds is 4. The number of nitrogens with zero attached hydrogens (tertiary/aromatic N) is 1. The van der Waals surface area contributed by atoms with E-state index in [1.807, 2.05) is 6.07 Å². The standard InChI is InChI=1S/C18H17NO5/c20-12(21)7-11(8-4-2-1-3-5-8)19-17(22)13-9-6-10(14(13)18(19)23)16-15(9)24-16/h1-5,9-11,13-16H,6-7H2,(H,20,21). The lowest BCUT2D eigenvalue weighted by Gasteiger charge is -2.27. The quantitative estimate of drug-likeness (QED) is 0.664. The fraction of sp³-hybridized carbons (Fsp3) is 0.500. The van der Waals surface area contributed by atoms with Gasteiger partial charge in [0.25, 0.3) is 0 Å². The molecule has 2 aliphatic heterocycles. The number of amides is 2. The van der Waals surface area contributed by atoms with Crippen molar-refractivity contribution in [3.63, 3.8) is 0 Å². The highest BCUT2D eigenvalue weighted by Crippen LogP contribution is 2.64. The van der Waals surface area contributed by atoms with Gasteiger partial charge in [-0.15, -0.1) is 0 Å². The molecule has 1 aromatic rings. The van der Waals surface area contributed by atoms with Gasteiger partial charge in [-0.1, -0.05) is 30.3 Å². The van der Waals surface area contributed by atoms with E-state index in [9.17, 15) is 19.5 Å². The van der Waals surface area contributed by atoms with E-state index in [2.05, 4.69) is 0 Å². The molecule has 5 rings (SSSR count). The Balaban J connectivity index is 1.52. The molecule has 6 nitrogen and oxygen atoms in total. The van der Waals surface area contributed by atoms with Gasteiger partial charge in [0.1, 0.15) is 0 Å². The second-order valence-electron chi connectivity index (χ2n) is 7.25. The monoisotopic (exact) mass is 327 g/mol. The highest BCUT2D eigenvalue weighted by molar-refractivity contribution is 6.07. The number of carboxylic acids is 1. The van der Waals surface area contributed by atoms with Crippen LogP contribution in [0.25, 0.3) is 0 Å². The number of carboxylic acid groups (broad SMARTS) is 1. The maximum Gasteiger partial charge on any atom is 0.305 e. The SMILES string of the molecule is O=C(O)CC(c1ccccc1)N1C(=O)C2C3CC(C4OC34)C2C1=O. The van der Waals surface area contributed by atoms with E-state index >= 15 is 0 Å². The van der Waals surface area contributed by atoms with Crippen molar-refractivity contribution in [2.24, 2.45) is 23.7 Å². The average Bonchev–Trinajstić information content (AvgIpc) is 3.08. The summed E-state index contributed by atoms with van der Waals surface area (Å²) in [7, 11) is 0. The summed E-state index contributed by atoms with van der Waals surface area (Å²) < 4.78 is 5.60. The molecule has 4 aliphatic rings. The number of imide groups is 1. The van der Waals surface area contributed by atoms with E-state index in [-0.39, 0.29) is 54.1 Å². The van der Waals surface area contributed by atoms with Gasteiger partial charge < -0.3 is 9.84 Å². The third-order valence-corrected chi connectivity index (χ3v) is 6.17. The fourth-order valence-corrected chi connectivity index (χ4v) is 5.25. The maximum atomic E-state index is 13.0. The zero-order valence-electron chi connectivity index (χ0n) is 12.9. The molecule has 2 aliphatic carbocycles. The Morgan fingerprint density at radius 3 is 2.25 bits per heavy atom. The molecule has 1 N–H and O–H groups in total. The predicted molar refractivity (Wildman–Crippen MR) is 80.5 cm³/mol. The van der Waals surface area contributed by atoms with Crippen LogP contribution in [0.2, 0.25) is 0 Å². The number of hydrogen-bond donors (Lipinski definition) is 1. The number of ether oxygens (including phenoxy) is 1. The van der Waals surface area contributed by atoms with Crippen LogP contribution >= 0.6 is 0 Å². The summed E-state index contributed by atoms with van der Waals surface area (Å²) in [6, 6.07) is 8.24. The van der Waals surface area contributed by atoms with Crippen LogP contribution in [0.1, 0.15) is 24.4 Å². The molecule has 1 aromatic carbocycles. The van der Waals surface area contributed by atoms with Gasteiger partial charge in [0, 0.05) is 11.8 Å². The Hall–Kier alpha value is -2.21. The number of carbonyl (C=O) groups is 3. The van der Waals surface area contributed by atoms with Crippen LogP contribution in [-0.2, 0) is 19.1 Å². The van der Waals surface area contributed by atoms with Gasteiger partial charge in [-0.3, -0.25) is 19.3 Å². The van der Waals surface area contributed by atoms with E-state index in [4.69, 9.17) is 4.74 Å². The number of epoxide rings is 1. The lowest BCUT2D eigenvalue weighted by Crippen LogP contribution is -2.38. The van der Waals surface area contributed by atoms with Crippen molar-refractivity contribution in [2.45, 2.75) is 31.1 Å². The molecule has 0 spiro atoms. The van der Waals surface area contributed by atoms with Gasteiger partial charge in [0.2, 0.25) is 11.8 Å². The van der Waals surface area contributed by atoms with Crippen LogP contribution in [0, 0.1) is 23.7 Å². The number of carbonyl (C=O) groups excluding carboxylic acids is 2. The summed E-state index contributed by atoms with van der Waals surface area (Å²) in [6.45, 7) is 0. The third kappa shape index (κ3) is 1.72. The first-order valence-corrected chi connectivity index (χ1v) is 8.37. The van der Waals surface area contributed by atoms with Crippen LogP contribution in [0.5, 0.6) is 0 Å². The normalized spacial score (nSPS) is 39.8. The first-order valence-electron chi connectivity index (χ1n) is 8.37. The van der Waals surface area contributed by atoms with Crippen molar-refractivity contribution in [1.29, 1.82) is 0 Å². The number of likely N-dealkylation sites (tertiary alicyclic amines) is 1. The van der Waals surface area contributed by atoms with Gasteiger partial charge >= 0.3 is 5.97 Å².